The summed E-state index contributed by atoms with van der Waals surface area (Å²) in [5.74, 6) is 0. The average Bonchev–Trinajstić information content (AvgIpc) is 2.88. The summed E-state index contributed by atoms with van der Waals surface area (Å²) in [6.07, 6.45) is 5.86. The zero-order valence-electron chi connectivity index (χ0n) is 12.1. The minimum atomic E-state index is 0.120. The fourth-order valence-corrected chi connectivity index (χ4v) is 3.31. The monoisotopic (exact) mass is 275 g/mol. The molecule has 2 saturated heterocycles. The summed E-state index contributed by atoms with van der Waals surface area (Å²) in [7, 11) is 0. The van der Waals surface area contributed by atoms with E-state index in [9.17, 15) is 0 Å². The van der Waals surface area contributed by atoms with Crippen molar-refractivity contribution >= 4 is 0 Å². The van der Waals surface area contributed by atoms with E-state index < -0.39 is 0 Å². The van der Waals surface area contributed by atoms with E-state index in [-0.39, 0.29) is 5.60 Å². The molecule has 0 amide bonds. The van der Waals surface area contributed by atoms with Crippen LogP contribution in [-0.4, -0.2) is 38.0 Å². The Kier molecular flexibility index (Phi) is 4.71. The molecule has 20 heavy (non-hydrogen) atoms. The van der Waals surface area contributed by atoms with Gasteiger partial charge in [-0.05, 0) is 44.3 Å². The molecular weight excluding hydrogens is 250 g/mol. The van der Waals surface area contributed by atoms with Gasteiger partial charge >= 0.3 is 0 Å². The number of ether oxygens (including phenoxy) is 2. The Hall–Kier alpha value is -0.900. The van der Waals surface area contributed by atoms with Crippen LogP contribution in [0.4, 0.5) is 0 Å². The molecule has 0 aromatic heterocycles. The molecule has 1 spiro atoms. The SMILES string of the molecule is c1ccc(CCCOC2COC3(CCNCC3)C2)cc1. The zero-order chi connectivity index (χ0) is 13.7. The molecule has 2 heterocycles. The molecule has 3 rings (SSSR count). The van der Waals surface area contributed by atoms with Gasteiger partial charge in [0.05, 0.1) is 18.3 Å². The van der Waals surface area contributed by atoms with E-state index in [0.717, 1.165) is 58.4 Å². The fraction of sp³-hybridized carbons (Fsp3) is 0.647. The van der Waals surface area contributed by atoms with Gasteiger partial charge in [-0.25, -0.2) is 0 Å². The van der Waals surface area contributed by atoms with Crippen LogP contribution >= 0.6 is 0 Å². The predicted molar refractivity (Wildman–Crippen MR) is 79.9 cm³/mol. The molecule has 3 heteroatoms. The first-order valence-corrected chi connectivity index (χ1v) is 7.87. The third-order valence-electron chi connectivity index (χ3n) is 4.50. The molecule has 0 radical (unpaired) electrons. The summed E-state index contributed by atoms with van der Waals surface area (Å²) >= 11 is 0. The van der Waals surface area contributed by atoms with Crippen molar-refractivity contribution in [1.82, 2.24) is 5.32 Å². The van der Waals surface area contributed by atoms with Crippen LogP contribution in [0.1, 0.15) is 31.2 Å². The zero-order valence-corrected chi connectivity index (χ0v) is 12.1. The number of piperidine rings is 1. The molecule has 2 aliphatic heterocycles. The first-order chi connectivity index (χ1) is 9.86. The van der Waals surface area contributed by atoms with Crippen molar-refractivity contribution in [3.05, 3.63) is 35.9 Å². The highest BCUT2D eigenvalue weighted by molar-refractivity contribution is 5.14. The average molecular weight is 275 g/mol. The number of hydrogen-bond acceptors (Lipinski definition) is 3. The van der Waals surface area contributed by atoms with Crippen LogP contribution in [0.15, 0.2) is 30.3 Å². The molecule has 3 nitrogen and oxygen atoms in total. The molecule has 1 atom stereocenters. The van der Waals surface area contributed by atoms with Crippen LogP contribution in [0.3, 0.4) is 0 Å². The number of aryl methyl sites for hydroxylation is 1. The maximum absolute atomic E-state index is 6.04. The molecule has 1 unspecified atom stereocenters. The summed E-state index contributed by atoms with van der Waals surface area (Å²) in [6.45, 7) is 3.80. The molecule has 0 aliphatic carbocycles. The van der Waals surface area contributed by atoms with Crippen molar-refractivity contribution in [2.24, 2.45) is 0 Å². The molecule has 0 saturated carbocycles. The predicted octanol–water partition coefficient (Wildman–Crippen LogP) is 2.55. The van der Waals surface area contributed by atoms with Gasteiger partial charge in [0.15, 0.2) is 0 Å². The highest BCUT2D eigenvalue weighted by atomic mass is 16.6. The Morgan fingerprint density at radius 1 is 1.20 bits per heavy atom. The van der Waals surface area contributed by atoms with Crippen molar-refractivity contribution < 1.29 is 9.47 Å². The van der Waals surface area contributed by atoms with Gasteiger partial charge in [-0.1, -0.05) is 30.3 Å². The van der Waals surface area contributed by atoms with Crippen LogP contribution in [0.5, 0.6) is 0 Å². The second kappa shape index (κ2) is 6.70. The topological polar surface area (TPSA) is 30.5 Å². The third-order valence-corrected chi connectivity index (χ3v) is 4.50. The number of nitrogens with one attached hydrogen (secondary N) is 1. The molecular formula is C17H25NO2. The first kappa shape index (κ1) is 14.1. The lowest BCUT2D eigenvalue weighted by Gasteiger charge is -2.32. The van der Waals surface area contributed by atoms with Gasteiger partial charge in [0.25, 0.3) is 0 Å². The second-order valence-electron chi connectivity index (χ2n) is 6.03. The van der Waals surface area contributed by atoms with Gasteiger partial charge in [0.2, 0.25) is 0 Å². The number of benzene rings is 1. The van der Waals surface area contributed by atoms with E-state index in [1.54, 1.807) is 0 Å². The highest BCUT2D eigenvalue weighted by Gasteiger charge is 2.41. The lowest BCUT2D eigenvalue weighted by Crippen LogP contribution is -2.41. The van der Waals surface area contributed by atoms with Gasteiger partial charge in [0.1, 0.15) is 0 Å². The summed E-state index contributed by atoms with van der Waals surface area (Å²) in [6, 6.07) is 10.6. The van der Waals surface area contributed by atoms with Crippen molar-refractivity contribution in [1.29, 1.82) is 0 Å². The highest BCUT2D eigenvalue weighted by Crippen LogP contribution is 2.35. The lowest BCUT2D eigenvalue weighted by atomic mass is 9.89. The number of rotatable bonds is 5. The minimum Gasteiger partial charge on any atom is -0.376 e. The van der Waals surface area contributed by atoms with E-state index in [1.807, 2.05) is 0 Å². The quantitative estimate of drug-likeness (QED) is 0.838. The van der Waals surface area contributed by atoms with E-state index in [4.69, 9.17) is 9.47 Å². The molecule has 1 aromatic carbocycles. The van der Waals surface area contributed by atoms with Gasteiger partial charge in [-0.3, -0.25) is 0 Å². The second-order valence-corrected chi connectivity index (χ2v) is 6.03. The summed E-state index contributed by atoms with van der Waals surface area (Å²) in [5, 5.41) is 3.40. The molecule has 1 N–H and O–H groups in total. The largest absolute Gasteiger partial charge is 0.376 e. The summed E-state index contributed by atoms with van der Waals surface area (Å²) in [4.78, 5) is 0. The Morgan fingerprint density at radius 3 is 2.80 bits per heavy atom. The molecule has 0 bridgehead atoms. The van der Waals surface area contributed by atoms with Crippen LogP contribution in [0.2, 0.25) is 0 Å². The van der Waals surface area contributed by atoms with Crippen LogP contribution in [0, 0.1) is 0 Å². The fourth-order valence-electron chi connectivity index (χ4n) is 3.31. The van der Waals surface area contributed by atoms with Crippen molar-refractivity contribution in [2.75, 3.05) is 26.3 Å². The van der Waals surface area contributed by atoms with Crippen molar-refractivity contribution in [3.8, 4) is 0 Å². The van der Waals surface area contributed by atoms with E-state index >= 15 is 0 Å². The first-order valence-electron chi connectivity index (χ1n) is 7.87. The van der Waals surface area contributed by atoms with E-state index in [2.05, 4.69) is 35.6 Å². The summed E-state index contributed by atoms with van der Waals surface area (Å²) in [5.41, 5.74) is 1.52. The van der Waals surface area contributed by atoms with E-state index in [1.165, 1.54) is 5.56 Å². The van der Waals surface area contributed by atoms with Gasteiger partial charge in [-0.2, -0.15) is 0 Å². The normalized spacial score (nSPS) is 25.1. The molecule has 2 fully saturated rings. The van der Waals surface area contributed by atoms with E-state index in [0.29, 0.717) is 6.10 Å². The molecule has 2 aliphatic rings. The lowest BCUT2D eigenvalue weighted by molar-refractivity contribution is -0.0233. The Labute approximate surface area is 121 Å². The smallest absolute Gasteiger partial charge is 0.0836 e. The Bertz CT molecular complexity index is 401. The maximum atomic E-state index is 6.04. The summed E-state index contributed by atoms with van der Waals surface area (Å²) < 4.78 is 12.1. The van der Waals surface area contributed by atoms with Crippen LogP contribution in [0.25, 0.3) is 0 Å². The van der Waals surface area contributed by atoms with Crippen molar-refractivity contribution in [3.63, 3.8) is 0 Å². The molecule has 110 valence electrons. The van der Waals surface area contributed by atoms with Crippen LogP contribution < -0.4 is 5.32 Å². The Balaban J connectivity index is 1.35. The van der Waals surface area contributed by atoms with Gasteiger partial charge < -0.3 is 14.8 Å². The van der Waals surface area contributed by atoms with Crippen molar-refractivity contribution in [2.45, 2.75) is 43.8 Å². The van der Waals surface area contributed by atoms with Gasteiger partial charge in [0, 0.05) is 13.0 Å². The van der Waals surface area contributed by atoms with Gasteiger partial charge in [-0.15, -0.1) is 0 Å². The minimum absolute atomic E-state index is 0.120. The van der Waals surface area contributed by atoms with Crippen LogP contribution in [-0.2, 0) is 15.9 Å². The standard InChI is InChI=1S/C17H25NO2/c1-2-5-15(6-3-1)7-4-12-19-16-13-17(20-14-16)8-10-18-11-9-17/h1-3,5-6,16,18H,4,7-14H2. The third kappa shape index (κ3) is 3.60. The molecule has 1 aromatic rings. The number of hydrogen-bond donors (Lipinski definition) is 1. The Morgan fingerprint density at radius 2 is 2.00 bits per heavy atom. The maximum Gasteiger partial charge on any atom is 0.0836 e.